The van der Waals surface area contributed by atoms with Gasteiger partial charge in [0, 0.05) is 10.0 Å². The van der Waals surface area contributed by atoms with Crippen molar-refractivity contribution in [2.24, 2.45) is 5.73 Å². The highest BCUT2D eigenvalue weighted by Crippen LogP contribution is 2.42. The molecule has 0 radical (unpaired) electrons. The number of aldehydes is 1. The Hall–Kier alpha value is -1.07. The highest BCUT2D eigenvalue weighted by atomic mass is 79.9. The first-order valence-corrected chi connectivity index (χ1v) is 6.49. The van der Waals surface area contributed by atoms with Crippen LogP contribution >= 0.6 is 15.9 Å². The highest BCUT2D eigenvalue weighted by Gasteiger charge is 2.21. The van der Waals surface area contributed by atoms with Gasteiger partial charge in [-0.25, -0.2) is 0 Å². The fourth-order valence-corrected chi connectivity index (χ4v) is 2.46. The van der Waals surface area contributed by atoms with Crippen molar-refractivity contribution in [3.63, 3.8) is 0 Å². The van der Waals surface area contributed by atoms with Crippen molar-refractivity contribution < 1.29 is 14.3 Å². The highest BCUT2D eigenvalue weighted by molar-refractivity contribution is 9.10. The van der Waals surface area contributed by atoms with Gasteiger partial charge in [0.2, 0.25) is 0 Å². The molecule has 0 saturated carbocycles. The summed E-state index contributed by atoms with van der Waals surface area (Å²) in [6.45, 7) is 2.66. The fraction of sp³-hybridized carbons (Fsp3) is 0.462. The average molecular weight is 316 g/mol. The van der Waals surface area contributed by atoms with Gasteiger partial charge in [0.15, 0.2) is 17.8 Å². The fourth-order valence-electron chi connectivity index (χ4n) is 1.94. The predicted molar refractivity (Wildman–Crippen MR) is 74.7 cm³/mol. The maximum absolute atomic E-state index is 11.1. The van der Waals surface area contributed by atoms with Crippen molar-refractivity contribution in [3.05, 3.63) is 21.7 Å². The molecule has 4 nitrogen and oxygen atoms in total. The molecule has 1 atom stereocenters. The van der Waals surface area contributed by atoms with Gasteiger partial charge in [0.05, 0.1) is 19.8 Å². The Labute approximate surface area is 116 Å². The van der Waals surface area contributed by atoms with Crippen LogP contribution in [-0.4, -0.2) is 27.1 Å². The summed E-state index contributed by atoms with van der Waals surface area (Å²) in [5, 5.41) is 0. The third kappa shape index (κ3) is 2.84. The van der Waals surface area contributed by atoms with Crippen molar-refractivity contribution in [1.82, 2.24) is 0 Å². The molecule has 5 heteroatoms. The Kier molecular flexibility index (Phi) is 5.62. The summed E-state index contributed by atoms with van der Waals surface area (Å²) in [5.74, 6) is 1.29. The Morgan fingerprint density at radius 2 is 2.00 bits per heavy atom. The van der Waals surface area contributed by atoms with Gasteiger partial charge in [0.25, 0.3) is 0 Å². The van der Waals surface area contributed by atoms with E-state index in [0.29, 0.717) is 28.1 Å². The zero-order valence-corrected chi connectivity index (χ0v) is 12.4. The lowest BCUT2D eigenvalue weighted by Crippen LogP contribution is -2.08. The predicted octanol–water partition coefficient (Wildman–Crippen LogP) is 2.73. The molecule has 1 rings (SSSR count). The molecule has 0 aliphatic carbocycles. The van der Waals surface area contributed by atoms with Gasteiger partial charge < -0.3 is 15.2 Å². The molecule has 0 aromatic heterocycles. The van der Waals surface area contributed by atoms with Crippen LogP contribution in [0.15, 0.2) is 10.5 Å². The zero-order valence-electron chi connectivity index (χ0n) is 10.8. The second-order valence-corrected chi connectivity index (χ2v) is 4.88. The van der Waals surface area contributed by atoms with E-state index in [2.05, 4.69) is 22.9 Å². The first-order chi connectivity index (χ1) is 8.60. The molecule has 2 N–H and O–H groups in total. The summed E-state index contributed by atoms with van der Waals surface area (Å²) in [6.07, 6.45) is 1.59. The second kappa shape index (κ2) is 6.75. The number of methoxy groups -OCH3 is 2. The van der Waals surface area contributed by atoms with Gasteiger partial charge in [-0.05, 0) is 40.9 Å². The maximum Gasteiger partial charge on any atom is 0.172 e. The molecule has 18 heavy (non-hydrogen) atoms. The third-order valence-corrected chi connectivity index (χ3v) is 3.57. The van der Waals surface area contributed by atoms with E-state index in [1.165, 1.54) is 7.11 Å². The minimum Gasteiger partial charge on any atom is -0.493 e. The van der Waals surface area contributed by atoms with Crippen molar-refractivity contribution >= 4 is 22.2 Å². The van der Waals surface area contributed by atoms with Crippen molar-refractivity contribution in [3.8, 4) is 11.5 Å². The molecule has 0 fully saturated rings. The minimum absolute atomic E-state index is 0.232. The lowest BCUT2D eigenvalue weighted by molar-refractivity contribution is 0.111. The smallest absolute Gasteiger partial charge is 0.172 e. The molecule has 0 aliphatic heterocycles. The van der Waals surface area contributed by atoms with E-state index in [4.69, 9.17) is 15.2 Å². The molecule has 0 spiro atoms. The largest absolute Gasteiger partial charge is 0.493 e. The SMILES string of the molecule is COc1c(C(C)CCN)cc(Br)c(C=O)c1OC. The standard InChI is InChI=1S/C13H18BrNO3/c1-8(4-5-15)9-6-11(14)10(7-16)13(18-3)12(9)17-2/h6-8H,4-5,15H2,1-3H3. The van der Waals surface area contributed by atoms with E-state index >= 15 is 0 Å². The summed E-state index contributed by atoms with van der Waals surface area (Å²) in [5.41, 5.74) is 7.02. The molecule has 1 unspecified atom stereocenters. The quantitative estimate of drug-likeness (QED) is 0.820. The number of ether oxygens (including phenoxy) is 2. The van der Waals surface area contributed by atoms with Gasteiger partial charge in [-0.2, -0.15) is 0 Å². The first-order valence-electron chi connectivity index (χ1n) is 5.70. The summed E-state index contributed by atoms with van der Waals surface area (Å²) >= 11 is 3.38. The lowest BCUT2D eigenvalue weighted by atomic mass is 9.95. The van der Waals surface area contributed by atoms with Crippen LogP contribution in [0.3, 0.4) is 0 Å². The third-order valence-electron chi connectivity index (χ3n) is 2.91. The topological polar surface area (TPSA) is 61.5 Å². The van der Waals surface area contributed by atoms with Crippen molar-refractivity contribution in [1.29, 1.82) is 0 Å². The average Bonchev–Trinajstić information content (AvgIpc) is 2.37. The Balaban J connectivity index is 3.43. The number of carbonyl (C=O) groups is 1. The Morgan fingerprint density at radius 3 is 2.44 bits per heavy atom. The van der Waals surface area contributed by atoms with Crippen LogP contribution in [0.2, 0.25) is 0 Å². The summed E-state index contributed by atoms with van der Waals surface area (Å²) in [7, 11) is 3.09. The van der Waals surface area contributed by atoms with Gasteiger partial charge >= 0.3 is 0 Å². The summed E-state index contributed by atoms with van der Waals surface area (Å²) < 4.78 is 11.4. The van der Waals surface area contributed by atoms with E-state index in [-0.39, 0.29) is 5.92 Å². The van der Waals surface area contributed by atoms with Gasteiger partial charge in [-0.15, -0.1) is 0 Å². The molecule has 0 amide bonds. The van der Waals surface area contributed by atoms with E-state index in [1.807, 2.05) is 6.07 Å². The monoisotopic (exact) mass is 315 g/mol. The number of carbonyl (C=O) groups excluding carboxylic acids is 1. The number of hydrogen-bond donors (Lipinski definition) is 1. The molecule has 0 aliphatic rings. The molecule has 1 aromatic carbocycles. The number of rotatable bonds is 6. The summed E-state index contributed by atoms with van der Waals surface area (Å²) in [4.78, 5) is 11.1. The second-order valence-electron chi connectivity index (χ2n) is 4.02. The van der Waals surface area contributed by atoms with E-state index < -0.39 is 0 Å². The van der Waals surface area contributed by atoms with Gasteiger partial charge in [-0.1, -0.05) is 6.92 Å². The van der Waals surface area contributed by atoms with Gasteiger partial charge in [-0.3, -0.25) is 4.79 Å². The molecular weight excluding hydrogens is 298 g/mol. The zero-order chi connectivity index (χ0) is 13.7. The maximum atomic E-state index is 11.1. The molecule has 1 aromatic rings. The van der Waals surface area contributed by atoms with Crippen molar-refractivity contribution in [2.75, 3.05) is 20.8 Å². The minimum atomic E-state index is 0.232. The van der Waals surface area contributed by atoms with Gasteiger partial charge in [0.1, 0.15) is 0 Å². The molecular formula is C13H18BrNO3. The number of nitrogens with two attached hydrogens (primary N) is 1. The van der Waals surface area contributed by atoms with Crippen LogP contribution in [0.25, 0.3) is 0 Å². The van der Waals surface area contributed by atoms with E-state index in [0.717, 1.165) is 18.3 Å². The van der Waals surface area contributed by atoms with E-state index in [1.54, 1.807) is 7.11 Å². The number of hydrogen-bond acceptors (Lipinski definition) is 4. The molecule has 100 valence electrons. The van der Waals surface area contributed by atoms with Crippen LogP contribution in [0.1, 0.15) is 35.2 Å². The van der Waals surface area contributed by atoms with Crippen molar-refractivity contribution in [2.45, 2.75) is 19.3 Å². The van der Waals surface area contributed by atoms with Crippen LogP contribution in [0.4, 0.5) is 0 Å². The van der Waals surface area contributed by atoms with Crippen LogP contribution in [-0.2, 0) is 0 Å². The Morgan fingerprint density at radius 1 is 1.39 bits per heavy atom. The molecule has 0 bridgehead atoms. The lowest BCUT2D eigenvalue weighted by Gasteiger charge is -2.19. The van der Waals surface area contributed by atoms with Crippen LogP contribution < -0.4 is 15.2 Å². The normalized spacial score (nSPS) is 12.1. The summed E-state index contributed by atoms with van der Waals surface area (Å²) in [6, 6.07) is 1.89. The van der Waals surface area contributed by atoms with Crippen LogP contribution in [0.5, 0.6) is 11.5 Å². The number of halogens is 1. The number of benzene rings is 1. The molecule has 0 saturated heterocycles. The Bertz CT molecular complexity index is 435. The molecule has 0 heterocycles. The van der Waals surface area contributed by atoms with E-state index in [9.17, 15) is 4.79 Å². The van der Waals surface area contributed by atoms with Crippen LogP contribution in [0, 0.1) is 0 Å². The first kappa shape index (κ1) is 15.0.